The maximum Gasteiger partial charge on any atom is 0.489 e. The van der Waals surface area contributed by atoms with Crippen LogP contribution in [0.3, 0.4) is 0 Å². The van der Waals surface area contributed by atoms with Crippen molar-refractivity contribution >= 4 is 29.4 Å². The summed E-state index contributed by atoms with van der Waals surface area (Å²) in [7, 11) is -1.56. The van der Waals surface area contributed by atoms with Gasteiger partial charge in [0.1, 0.15) is 0 Å². The lowest BCUT2D eigenvalue weighted by Crippen LogP contribution is -2.30. The van der Waals surface area contributed by atoms with Crippen LogP contribution in [0.2, 0.25) is 0 Å². The third-order valence-electron chi connectivity index (χ3n) is 2.22. The first kappa shape index (κ1) is 9.88. The van der Waals surface area contributed by atoms with Crippen LogP contribution in [0.5, 0.6) is 0 Å². The highest BCUT2D eigenvalue weighted by Crippen LogP contribution is 2.11. The molecule has 0 spiro atoms. The van der Waals surface area contributed by atoms with E-state index < -0.39 is 7.12 Å². The van der Waals surface area contributed by atoms with Crippen LogP contribution in [0.15, 0.2) is 24.4 Å². The Morgan fingerprint density at radius 3 is 2.80 bits per heavy atom. The third-order valence-corrected chi connectivity index (χ3v) is 2.22. The number of nitrogens with zero attached hydrogens (tertiary/aromatic N) is 2. The van der Waals surface area contributed by atoms with E-state index in [9.17, 15) is 4.79 Å². The van der Waals surface area contributed by atoms with Gasteiger partial charge < -0.3 is 10.0 Å². The summed E-state index contributed by atoms with van der Waals surface area (Å²) in [4.78, 5) is 11.2. The summed E-state index contributed by atoms with van der Waals surface area (Å²) < 4.78 is 1.22. The molecule has 6 heteroatoms. The zero-order valence-electron chi connectivity index (χ0n) is 8.08. The number of fused-ring (bicyclic) bond motifs is 1. The first-order valence-corrected chi connectivity index (χ1v) is 4.45. The molecule has 1 aromatic heterocycles. The fourth-order valence-corrected chi connectivity index (χ4v) is 1.55. The maximum absolute atomic E-state index is 11.2. The first-order valence-electron chi connectivity index (χ1n) is 4.45. The van der Waals surface area contributed by atoms with Crippen LogP contribution in [0.1, 0.15) is 11.7 Å². The van der Waals surface area contributed by atoms with Crippen LogP contribution < -0.4 is 5.46 Å². The molecule has 15 heavy (non-hydrogen) atoms. The third kappa shape index (κ3) is 1.53. The van der Waals surface area contributed by atoms with Crippen molar-refractivity contribution in [3.8, 4) is 0 Å². The van der Waals surface area contributed by atoms with E-state index in [0.717, 1.165) is 0 Å². The highest BCUT2D eigenvalue weighted by Gasteiger charge is 2.17. The van der Waals surface area contributed by atoms with Crippen molar-refractivity contribution in [2.24, 2.45) is 0 Å². The molecule has 1 aromatic carbocycles. The number of rotatable bonds is 1. The number of benzene rings is 1. The topological polar surface area (TPSA) is 75.4 Å². The molecule has 0 amide bonds. The average Bonchev–Trinajstić information content (AvgIpc) is 2.59. The molecule has 0 saturated carbocycles. The summed E-state index contributed by atoms with van der Waals surface area (Å²) in [5.41, 5.74) is 0.924. The molecule has 76 valence electrons. The van der Waals surface area contributed by atoms with Crippen molar-refractivity contribution < 1.29 is 14.8 Å². The highest BCUT2D eigenvalue weighted by molar-refractivity contribution is 6.61. The molecule has 0 unspecified atom stereocenters. The van der Waals surface area contributed by atoms with Crippen molar-refractivity contribution in [1.29, 1.82) is 0 Å². The second kappa shape index (κ2) is 3.49. The summed E-state index contributed by atoms with van der Waals surface area (Å²) in [6.45, 7) is 1.40. The molecule has 2 aromatic rings. The van der Waals surface area contributed by atoms with Crippen LogP contribution in [-0.2, 0) is 0 Å². The van der Waals surface area contributed by atoms with Gasteiger partial charge >= 0.3 is 7.12 Å². The van der Waals surface area contributed by atoms with Gasteiger partial charge in [0.15, 0.2) is 0 Å². The molecule has 1 heterocycles. The van der Waals surface area contributed by atoms with Crippen LogP contribution in [-0.4, -0.2) is 32.9 Å². The van der Waals surface area contributed by atoms with E-state index >= 15 is 0 Å². The summed E-state index contributed by atoms with van der Waals surface area (Å²) in [6, 6.07) is 4.94. The van der Waals surface area contributed by atoms with Gasteiger partial charge in [-0.1, -0.05) is 12.1 Å². The normalized spacial score (nSPS) is 10.6. The van der Waals surface area contributed by atoms with Gasteiger partial charge in [0, 0.05) is 12.3 Å². The Kier molecular flexibility index (Phi) is 2.30. The lowest BCUT2D eigenvalue weighted by atomic mass is 9.78. The van der Waals surface area contributed by atoms with E-state index in [1.807, 2.05) is 0 Å². The van der Waals surface area contributed by atoms with E-state index in [1.54, 1.807) is 18.2 Å². The maximum atomic E-state index is 11.2. The number of carbonyl (C=O) groups excluding carboxylic acids is 1. The largest absolute Gasteiger partial charge is 0.489 e. The van der Waals surface area contributed by atoms with Crippen molar-refractivity contribution in [2.75, 3.05) is 0 Å². The van der Waals surface area contributed by atoms with Crippen molar-refractivity contribution in [3.63, 3.8) is 0 Å². The summed E-state index contributed by atoms with van der Waals surface area (Å²) in [6.07, 6.45) is 1.45. The fourth-order valence-electron chi connectivity index (χ4n) is 1.55. The molecule has 0 radical (unpaired) electrons. The van der Waals surface area contributed by atoms with Crippen LogP contribution in [0, 0.1) is 0 Å². The molecule has 0 atom stereocenters. The SMILES string of the molecule is CC(=O)n1ncc2c(B(O)O)cccc21. The lowest BCUT2D eigenvalue weighted by molar-refractivity contribution is 0.0927. The van der Waals surface area contributed by atoms with E-state index in [2.05, 4.69) is 5.10 Å². The van der Waals surface area contributed by atoms with Gasteiger partial charge in [0.2, 0.25) is 5.91 Å². The van der Waals surface area contributed by atoms with Gasteiger partial charge in [-0.05, 0) is 11.5 Å². The molecule has 0 aliphatic carbocycles. The van der Waals surface area contributed by atoms with Crippen LogP contribution in [0.4, 0.5) is 0 Å². The van der Waals surface area contributed by atoms with Gasteiger partial charge in [-0.25, -0.2) is 4.68 Å². The number of hydrogen-bond donors (Lipinski definition) is 2. The van der Waals surface area contributed by atoms with E-state index in [1.165, 1.54) is 17.8 Å². The number of aromatic nitrogens is 2. The average molecular weight is 204 g/mol. The Balaban J connectivity index is 2.74. The van der Waals surface area contributed by atoms with Gasteiger partial charge in [0.05, 0.1) is 11.7 Å². The van der Waals surface area contributed by atoms with Crippen molar-refractivity contribution in [2.45, 2.75) is 6.92 Å². The predicted octanol–water partition coefficient (Wildman–Crippen LogP) is -0.624. The molecule has 2 N–H and O–H groups in total. The Morgan fingerprint density at radius 1 is 1.47 bits per heavy atom. The van der Waals surface area contributed by atoms with Gasteiger partial charge in [-0.2, -0.15) is 5.10 Å². The minimum Gasteiger partial charge on any atom is -0.423 e. The predicted molar refractivity (Wildman–Crippen MR) is 55.9 cm³/mol. The van der Waals surface area contributed by atoms with Crippen LogP contribution >= 0.6 is 0 Å². The van der Waals surface area contributed by atoms with Gasteiger partial charge in [-0.15, -0.1) is 0 Å². The van der Waals surface area contributed by atoms with Crippen molar-refractivity contribution in [1.82, 2.24) is 9.78 Å². The monoisotopic (exact) mass is 204 g/mol. The van der Waals surface area contributed by atoms with E-state index in [0.29, 0.717) is 16.4 Å². The van der Waals surface area contributed by atoms with Gasteiger partial charge in [0.25, 0.3) is 0 Å². The van der Waals surface area contributed by atoms with E-state index in [-0.39, 0.29) is 5.91 Å². The second-order valence-corrected chi connectivity index (χ2v) is 3.23. The Bertz CT molecular complexity index is 521. The molecule has 0 aliphatic rings. The quantitative estimate of drug-likeness (QED) is 0.606. The van der Waals surface area contributed by atoms with E-state index in [4.69, 9.17) is 10.0 Å². The molecule has 2 rings (SSSR count). The molecule has 0 bridgehead atoms. The zero-order valence-corrected chi connectivity index (χ0v) is 8.08. The molecular weight excluding hydrogens is 195 g/mol. The minimum atomic E-state index is -1.56. The molecular formula is C9H9BN2O3. The second-order valence-electron chi connectivity index (χ2n) is 3.23. The minimum absolute atomic E-state index is 0.213. The summed E-state index contributed by atoms with van der Waals surface area (Å²) >= 11 is 0. The molecule has 0 aliphatic heterocycles. The number of carbonyl (C=O) groups is 1. The Labute approximate surface area is 86.1 Å². The zero-order chi connectivity index (χ0) is 11.0. The number of hydrogen-bond acceptors (Lipinski definition) is 4. The fraction of sp³-hybridized carbons (Fsp3) is 0.111. The lowest BCUT2D eigenvalue weighted by Gasteiger charge is -2.01. The Hall–Kier alpha value is -1.66. The smallest absolute Gasteiger partial charge is 0.423 e. The van der Waals surface area contributed by atoms with Gasteiger partial charge in [-0.3, -0.25) is 4.79 Å². The first-order chi connectivity index (χ1) is 7.11. The standard InChI is InChI=1S/C9H9BN2O3/c1-6(13)12-9-4-2-3-8(10(14)15)7(9)5-11-12/h2-5,14-15H,1H3. The summed E-state index contributed by atoms with van der Waals surface area (Å²) in [5, 5.41) is 22.7. The molecule has 0 saturated heterocycles. The Morgan fingerprint density at radius 2 is 2.20 bits per heavy atom. The highest BCUT2D eigenvalue weighted by atomic mass is 16.4. The van der Waals surface area contributed by atoms with Crippen molar-refractivity contribution in [3.05, 3.63) is 24.4 Å². The molecule has 5 nitrogen and oxygen atoms in total. The molecule has 0 fully saturated rings. The van der Waals surface area contributed by atoms with Crippen LogP contribution in [0.25, 0.3) is 10.9 Å². The summed E-state index contributed by atoms with van der Waals surface area (Å²) in [5.74, 6) is -0.213.